The number of anilines is 1. The molecule has 0 saturated carbocycles. The third kappa shape index (κ3) is 4.35. The van der Waals surface area contributed by atoms with E-state index in [0.29, 0.717) is 41.8 Å². The van der Waals surface area contributed by atoms with Gasteiger partial charge in [-0.2, -0.15) is 11.3 Å². The predicted octanol–water partition coefficient (Wildman–Crippen LogP) is 4.38. The van der Waals surface area contributed by atoms with Crippen LogP contribution in [0.25, 0.3) is 0 Å². The minimum atomic E-state index is -0.162. The van der Waals surface area contributed by atoms with Crippen molar-refractivity contribution < 1.29 is 9.59 Å². The molecule has 28 heavy (non-hydrogen) atoms. The van der Waals surface area contributed by atoms with Gasteiger partial charge in [-0.15, -0.1) is 0 Å². The van der Waals surface area contributed by atoms with Gasteiger partial charge in [-0.3, -0.25) is 10.1 Å². The largest absolute Gasteiger partial charge is 0.334 e. The summed E-state index contributed by atoms with van der Waals surface area (Å²) in [5.74, 6) is -0.162. The molecule has 1 aromatic carbocycles. The van der Waals surface area contributed by atoms with Crippen molar-refractivity contribution >= 4 is 51.3 Å². The zero-order chi connectivity index (χ0) is 19.5. The monoisotopic (exact) mass is 432 g/mol. The molecule has 3 heterocycles. The summed E-state index contributed by atoms with van der Waals surface area (Å²) in [4.78, 5) is 32.0. The third-order valence-corrected chi connectivity index (χ3v) is 6.31. The van der Waals surface area contributed by atoms with E-state index in [1.54, 1.807) is 28.5 Å². The molecule has 0 radical (unpaired) electrons. The van der Waals surface area contributed by atoms with E-state index in [1.807, 2.05) is 17.5 Å². The molecule has 0 unspecified atom stereocenters. The number of nitrogens with zero attached hydrogens (tertiary/aromatic N) is 2. The Morgan fingerprint density at radius 3 is 2.79 bits per heavy atom. The fourth-order valence-corrected chi connectivity index (χ4v) is 4.66. The number of carbonyl (C=O) groups is 2. The van der Waals surface area contributed by atoms with Crippen LogP contribution in [0.4, 0.5) is 9.93 Å². The first-order valence-electron chi connectivity index (χ1n) is 8.68. The number of benzene rings is 1. The highest BCUT2D eigenvalue weighted by Crippen LogP contribution is 2.28. The molecule has 9 heteroatoms. The Morgan fingerprint density at radius 1 is 1.21 bits per heavy atom. The quantitative estimate of drug-likeness (QED) is 0.642. The first-order valence-corrected chi connectivity index (χ1v) is 10.8. The lowest BCUT2D eigenvalue weighted by atomic mass is 10.2. The van der Waals surface area contributed by atoms with Crippen molar-refractivity contribution in [1.29, 1.82) is 0 Å². The standard InChI is InChI=1S/C19H17ClN4O2S2/c20-14-3-1-12(2-4-14)9-21-19(26)24-7-5-15-16(10-24)28-18(22-15)23-17(25)13-6-8-27-11-13/h1-4,6,8,11H,5,7,9-10H2,(H,21,26)(H,22,23,25). The lowest BCUT2D eigenvalue weighted by Crippen LogP contribution is -2.42. The molecule has 4 rings (SSSR count). The van der Waals surface area contributed by atoms with Crippen LogP contribution in [0.5, 0.6) is 0 Å². The van der Waals surface area contributed by atoms with Crippen LogP contribution >= 0.6 is 34.3 Å². The molecule has 0 spiro atoms. The summed E-state index contributed by atoms with van der Waals surface area (Å²) in [6.45, 7) is 1.54. The van der Waals surface area contributed by atoms with Crippen LogP contribution in [-0.4, -0.2) is 28.4 Å². The number of hydrogen-bond acceptors (Lipinski definition) is 5. The van der Waals surface area contributed by atoms with E-state index in [9.17, 15) is 9.59 Å². The zero-order valence-corrected chi connectivity index (χ0v) is 17.2. The second kappa shape index (κ2) is 8.30. The molecule has 2 N–H and O–H groups in total. The summed E-state index contributed by atoms with van der Waals surface area (Å²) in [5.41, 5.74) is 2.57. The summed E-state index contributed by atoms with van der Waals surface area (Å²) in [6, 6.07) is 9.06. The molecule has 1 aliphatic rings. The van der Waals surface area contributed by atoms with Gasteiger partial charge in [-0.05, 0) is 29.1 Å². The number of halogens is 1. The minimum absolute atomic E-state index is 0.113. The number of aromatic nitrogens is 1. The van der Waals surface area contributed by atoms with E-state index in [0.717, 1.165) is 16.1 Å². The third-order valence-electron chi connectivity index (χ3n) is 4.38. The average Bonchev–Trinajstić information content (AvgIpc) is 3.36. The van der Waals surface area contributed by atoms with E-state index >= 15 is 0 Å². The van der Waals surface area contributed by atoms with Crippen LogP contribution in [0.15, 0.2) is 41.1 Å². The fraction of sp³-hybridized carbons (Fsp3) is 0.211. The van der Waals surface area contributed by atoms with E-state index in [-0.39, 0.29) is 11.9 Å². The van der Waals surface area contributed by atoms with Gasteiger partial charge in [0.1, 0.15) is 0 Å². The molecule has 3 aromatic rings. The molecule has 6 nitrogen and oxygen atoms in total. The number of urea groups is 1. The Hall–Kier alpha value is -2.42. The Balaban J connectivity index is 1.35. The Labute approximate surface area is 175 Å². The van der Waals surface area contributed by atoms with Crippen LogP contribution < -0.4 is 10.6 Å². The van der Waals surface area contributed by atoms with Gasteiger partial charge >= 0.3 is 6.03 Å². The highest BCUT2D eigenvalue weighted by molar-refractivity contribution is 7.16. The van der Waals surface area contributed by atoms with Crippen molar-refractivity contribution in [3.8, 4) is 0 Å². The van der Waals surface area contributed by atoms with Crippen LogP contribution in [-0.2, 0) is 19.5 Å². The molecule has 3 amide bonds. The van der Waals surface area contributed by atoms with E-state index in [2.05, 4.69) is 15.6 Å². The second-order valence-corrected chi connectivity index (χ2v) is 8.61. The summed E-state index contributed by atoms with van der Waals surface area (Å²) in [6.07, 6.45) is 0.675. The predicted molar refractivity (Wildman–Crippen MR) is 112 cm³/mol. The molecule has 144 valence electrons. The van der Waals surface area contributed by atoms with Crippen molar-refractivity contribution in [3.05, 3.63) is 67.8 Å². The Bertz CT molecular complexity index is 986. The Kier molecular flexibility index (Phi) is 5.61. The molecule has 0 aliphatic carbocycles. The minimum Gasteiger partial charge on any atom is -0.334 e. The number of thiophene rings is 1. The molecule has 0 fully saturated rings. The maximum atomic E-state index is 12.5. The maximum absolute atomic E-state index is 12.5. The molecule has 0 saturated heterocycles. The lowest BCUT2D eigenvalue weighted by Gasteiger charge is -2.26. The van der Waals surface area contributed by atoms with Gasteiger partial charge in [-0.1, -0.05) is 35.1 Å². The van der Waals surface area contributed by atoms with Gasteiger partial charge in [0.15, 0.2) is 5.13 Å². The van der Waals surface area contributed by atoms with Crippen LogP contribution in [0.3, 0.4) is 0 Å². The summed E-state index contributed by atoms with van der Waals surface area (Å²) in [5, 5.41) is 10.7. The van der Waals surface area contributed by atoms with Crippen molar-refractivity contribution in [3.63, 3.8) is 0 Å². The topological polar surface area (TPSA) is 74.3 Å². The van der Waals surface area contributed by atoms with Gasteiger partial charge in [0.25, 0.3) is 5.91 Å². The number of hydrogen-bond donors (Lipinski definition) is 2. The second-order valence-electron chi connectivity index (χ2n) is 6.31. The number of rotatable bonds is 4. The normalized spacial score (nSPS) is 13.1. The van der Waals surface area contributed by atoms with Gasteiger partial charge in [0.05, 0.1) is 17.8 Å². The molecule has 2 aromatic heterocycles. The van der Waals surface area contributed by atoms with E-state index in [1.165, 1.54) is 22.7 Å². The van der Waals surface area contributed by atoms with E-state index < -0.39 is 0 Å². The smallest absolute Gasteiger partial charge is 0.318 e. The fourth-order valence-electron chi connectivity index (χ4n) is 2.88. The summed E-state index contributed by atoms with van der Waals surface area (Å²) >= 11 is 8.78. The first-order chi connectivity index (χ1) is 13.6. The number of nitrogens with one attached hydrogen (secondary N) is 2. The van der Waals surface area contributed by atoms with Gasteiger partial charge < -0.3 is 10.2 Å². The van der Waals surface area contributed by atoms with Gasteiger partial charge in [0.2, 0.25) is 0 Å². The molecule has 0 atom stereocenters. The number of amides is 3. The summed E-state index contributed by atoms with van der Waals surface area (Å²) < 4.78 is 0. The lowest BCUT2D eigenvalue weighted by molar-refractivity contribution is 0.102. The maximum Gasteiger partial charge on any atom is 0.318 e. The van der Waals surface area contributed by atoms with Crippen LogP contribution in [0.1, 0.15) is 26.5 Å². The van der Waals surface area contributed by atoms with E-state index in [4.69, 9.17) is 11.6 Å². The van der Waals surface area contributed by atoms with Crippen LogP contribution in [0.2, 0.25) is 5.02 Å². The van der Waals surface area contributed by atoms with Crippen molar-refractivity contribution in [2.75, 3.05) is 11.9 Å². The van der Waals surface area contributed by atoms with Crippen molar-refractivity contribution in [1.82, 2.24) is 15.2 Å². The van der Waals surface area contributed by atoms with Crippen molar-refractivity contribution in [2.24, 2.45) is 0 Å². The highest BCUT2D eigenvalue weighted by Gasteiger charge is 2.24. The SMILES string of the molecule is O=C(Nc1nc2c(s1)CN(C(=O)NCc1ccc(Cl)cc1)CC2)c1ccsc1. The molecule has 0 bridgehead atoms. The zero-order valence-electron chi connectivity index (χ0n) is 14.8. The summed E-state index contributed by atoms with van der Waals surface area (Å²) in [7, 11) is 0. The van der Waals surface area contributed by atoms with Crippen LogP contribution in [0, 0.1) is 0 Å². The van der Waals surface area contributed by atoms with Crippen molar-refractivity contribution in [2.45, 2.75) is 19.5 Å². The highest BCUT2D eigenvalue weighted by atomic mass is 35.5. The van der Waals surface area contributed by atoms with Gasteiger partial charge in [0, 0.05) is 34.8 Å². The molecular weight excluding hydrogens is 416 g/mol. The molecule has 1 aliphatic heterocycles. The number of carbonyl (C=O) groups excluding carboxylic acids is 2. The molecular formula is C19H17ClN4O2S2. The Morgan fingerprint density at radius 2 is 2.04 bits per heavy atom. The van der Waals surface area contributed by atoms with Gasteiger partial charge in [-0.25, -0.2) is 9.78 Å². The number of thiazole rings is 1. The average molecular weight is 433 g/mol. The first kappa shape index (κ1) is 18.9. The number of fused-ring (bicyclic) bond motifs is 1.